The molecule has 0 N–H and O–H groups in total. The third kappa shape index (κ3) is 2.48. The van der Waals surface area contributed by atoms with Gasteiger partial charge in [-0.15, -0.1) is 0 Å². The summed E-state index contributed by atoms with van der Waals surface area (Å²) in [6, 6.07) is 6.27. The smallest absolute Gasteiger partial charge is 0.122 e. The third-order valence-corrected chi connectivity index (χ3v) is 2.42. The monoisotopic (exact) mass is 178 g/mol. The Labute approximate surface area is 80.7 Å². The summed E-state index contributed by atoms with van der Waals surface area (Å²) in [5.74, 6) is 1.01. The van der Waals surface area contributed by atoms with Crippen LogP contribution in [0.25, 0.3) is 0 Å². The summed E-state index contributed by atoms with van der Waals surface area (Å²) in [6.07, 6.45) is 3.67. The quantitative estimate of drug-likeness (QED) is 0.687. The van der Waals surface area contributed by atoms with Crippen LogP contribution in [0.5, 0.6) is 5.75 Å². The number of benzene rings is 1. The molecular weight excluding hydrogens is 160 g/mol. The molecule has 13 heavy (non-hydrogen) atoms. The van der Waals surface area contributed by atoms with Gasteiger partial charge in [-0.3, -0.25) is 0 Å². The number of ether oxygens (including phenoxy) is 1. The van der Waals surface area contributed by atoms with Gasteiger partial charge in [-0.25, -0.2) is 0 Å². The Kier molecular flexibility index (Phi) is 3.81. The summed E-state index contributed by atoms with van der Waals surface area (Å²) in [5, 5.41) is 0. The standard InChI is InChI=1S/C12H18O/c1-4-5-7-11-8-6-9-12(13-3)10(11)2/h6,8-9H,4-5,7H2,1-3H3. The van der Waals surface area contributed by atoms with Crippen molar-refractivity contribution in [1.82, 2.24) is 0 Å². The topological polar surface area (TPSA) is 9.23 Å². The molecule has 1 nitrogen and oxygen atoms in total. The molecule has 0 atom stereocenters. The molecule has 0 aliphatic heterocycles. The van der Waals surface area contributed by atoms with Crippen LogP contribution < -0.4 is 4.74 Å². The van der Waals surface area contributed by atoms with Crippen LogP contribution in [0.1, 0.15) is 30.9 Å². The summed E-state index contributed by atoms with van der Waals surface area (Å²) in [6.45, 7) is 4.35. The Hall–Kier alpha value is -0.980. The number of hydrogen-bond acceptors (Lipinski definition) is 1. The second-order valence-corrected chi connectivity index (χ2v) is 3.35. The molecule has 0 amide bonds. The van der Waals surface area contributed by atoms with E-state index in [1.165, 1.54) is 30.4 Å². The van der Waals surface area contributed by atoms with Crippen molar-refractivity contribution in [2.24, 2.45) is 0 Å². The van der Waals surface area contributed by atoms with Gasteiger partial charge < -0.3 is 4.74 Å². The van der Waals surface area contributed by atoms with Crippen molar-refractivity contribution in [1.29, 1.82) is 0 Å². The second kappa shape index (κ2) is 4.90. The van der Waals surface area contributed by atoms with E-state index in [-0.39, 0.29) is 0 Å². The molecule has 1 aromatic carbocycles. The Morgan fingerprint density at radius 3 is 2.69 bits per heavy atom. The van der Waals surface area contributed by atoms with Crippen molar-refractivity contribution in [2.75, 3.05) is 7.11 Å². The van der Waals surface area contributed by atoms with Crippen LogP contribution >= 0.6 is 0 Å². The van der Waals surface area contributed by atoms with Gasteiger partial charge in [0.05, 0.1) is 7.11 Å². The zero-order valence-corrected chi connectivity index (χ0v) is 8.76. The van der Waals surface area contributed by atoms with E-state index in [4.69, 9.17) is 4.74 Å². The molecule has 0 saturated heterocycles. The third-order valence-electron chi connectivity index (χ3n) is 2.42. The summed E-state index contributed by atoms with van der Waals surface area (Å²) in [5.41, 5.74) is 2.71. The van der Waals surface area contributed by atoms with Gasteiger partial charge in [0, 0.05) is 0 Å². The van der Waals surface area contributed by atoms with Gasteiger partial charge in [0.25, 0.3) is 0 Å². The van der Waals surface area contributed by atoms with Crippen molar-refractivity contribution in [3.8, 4) is 5.75 Å². The highest BCUT2D eigenvalue weighted by Gasteiger charge is 2.02. The van der Waals surface area contributed by atoms with Crippen LogP contribution in [0.15, 0.2) is 18.2 Å². The summed E-state index contributed by atoms with van der Waals surface area (Å²) < 4.78 is 5.27. The van der Waals surface area contributed by atoms with Crippen LogP contribution in [0.2, 0.25) is 0 Å². The van der Waals surface area contributed by atoms with Crippen LogP contribution in [0.4, 0.5) is 0 Å². The molecule has 0 aliphatic carbocycles. The zero-order valence-electron chi connectivity index (χ0n) is 8.76. The van der Waals surface area contributed by atoms with E-state index in [0.717, 1.165) is 5.75 Å². The van der Waals surface area contributed by atoms with E-state index < -0.39 is 0 Å². The highest BCUT2D eigenvalue weighted by molar-refractivity contribution is 5.39. The first-order valence-corrected chi connectivity index (χ1v) is 4.92. The summed E-state index contributed by atoms with van der Waals surface area (Å²) >= 11 is 0. The fraction of sp³-hybridized carbons (Fsp3) is 0.500. The fourth-order valence-corrected chi connectivity index (χ4v) is 1.52. The Morgan fingerprint density at radius 2 is 2.08 bits per heavy atom. The van der Waals surface area contributed by atoms with Crippen LogP contribution in [0, 0.1) is 6.92 Å². The molecule has 0 bridgehead atoms. The molecule has 0 radical (unpaired) electrons. The number of hydrogen-bond donors (Lipinski definition) is 0. The molecule has 72 valence electrons. The fourth-order valence-electron chi connectivity index (χ4n) is 1.52. The molecule has 1 aromatic rings. The lowest BCUT2D eigenvalue weighted by atomic mass is 10.0. The highest BCUT2D eigenvalue weighted by Crippen LogP contribution is 2.21. The van der Waals surface area contributed by atoms with E-state index in [9.17, 15) is 0 Å². The lowest BCUT2D eigenvalue weighted by Gasteiger charge is -2.09. The Morgan fingerprint density at radius 1 is 1.31 bits per heavy atom. The first-order valence-electron chi connectivity index (χ1n) is 4.92. The average Bonchev–Trinajstić information content (AvgIpc) is 2.16. The Balaban J connectivity index is 2.81. The normalized spacial score (nSPS) is 10.1. The van der Waals surface area contributed by atoms with Crippen molar-refractivity contribution < 1.29 is 4.74 Å². The number of methoxy groups -OCH3 is 1. The van der Waals surface area contributed by atoms with Crippen molar-refractivity contribution >= 4 is 0 Å². The van der Waals surface area contributed by atoms with Crippen LogP contribution in [0.3, 0.4) is 0 Å². The second-order valence-electron chi connectivity index (χ2n) is 3.35. The van der Waals surface area contributed by atoms with Gasteiger partial charge in [-0.05, 0) is 37.0 Å². The van der Waals surface area contributed by atoms with Gasteiger partial charge in [0.1, 0.15) is 5.75 Å². The van der Waals surface area contributed by atoms with Crippen molar-refractivity contribution in [2.45, 2.75) is 33.1 Å². The minimum absolute atomic E-state index is 1.01. The molecule has 0 saturated carbocycles. The molecule has 0 aromatic heterocycles. The Bertz CT molecular complexity index is 266. The zero-order chi connectivity index (χ0) is 9.68. The summed E-state index contributed by atoms with van der Waals surface area (Å²) in [4.78, 5) is 0. The van der Waals surface area contributed by atoms with E-state index in [2.05, 4.69) is 26.0 Å². The maximum Gasteiger partial charge on any atom is 0.122 e. The first-order chi connectivity index (χ1) is 6.29. The first kappa shape index (κ1) is 10.1. The van der Waals surface area contributed by atoms with Gasteiger partial charge >= 0.3 is 0 Å². The van der Waals surface area contributed by atoms with Gasteiger partial charge in [-0.1, -0.05) is 25.5 Å². The van der Waals surface area contributed by atoms with E-state index >= 15 is 0 Å². The largest absolute Gasteiger partial charge is 0.496 e. The maximum absolute atomic E-state index is 5.27. The molecule has 0 heterocycles. The van der Waals surface area contributed by atoms with Crippen molar-refractivity contribution in [3.63, 3.8) is 0 Å². The van der Waals surface area contributed by atoms with E-state index in [1.807, 2.05) is 6.07 Å². The average molecular weight is 178 g/mol. The predicted molar refractivity (Wildman–Crippen MR) is 56.3 cm³/mol. The van der Waals surface area contributed by atoms with E-state index in [1.54, 1.807) is 7.11 Å². The molecule has 0 unspecified atom stereocenters. The summed E-state index contributed by atoms with van der Waals surface area (Å²) in [7, 11) is 1.73. The van der Waals surface area contributed by atoms with Crippen molar-refractivity contribution in [3.05, 3.63) is 29.3 Å². The predicted octanol–water partition coefficient (Wildman–Crippen LogP) is 3.35. The van der Waals surface area contributed by atoms with Gasteiger partial charge in [-0.2, -0.15) is 0 Å². The maximum atomic E-state index is 5.27. The number of aryl methyl sites for hydroxylation is 1. The van der Waals surface area contributed by atoms with E-state index in [0.29, 0.717) is 0 Å². The SMILES string of the molecule is CCCCc1cccc(OC)c1C. The molecule has 1 heteroatoms. The van der Waals surface area contributed by atoms with Gasteiger partial charge in [0.2, 0.25) is 0 Å². The molecule has 1 rings (SSSR count). The minimum Gasteiger partial charge on any atom is -0.496 e. The van der Waals surface area contributed by atoms with Crippen LogP contribution in [-0.2, 0) is 6.42 Å². The minimum atomic E-state index is 1.01. The molecule has 0 spiro atoms. The lowest BCUT2D eigenvalue weighted by molar-refractivity contribution is 0.411. The number of rotatable bonds is 4. The highest BCUT2D eigenvalue weighted by atomic mass is 16.5. The molecular formula is C12H18O. The number of unbranched alkanes of at least 4 members (excludes halogenated alkanes) is 1. The molecule has 0 aliphatic rings. The lowest BCUT2D eigenvalue weighted by Crippen LogP contribution is -1.93. The van der Waals surface area contributed by atoms with Gasteiger partial charge in [0.15, 0.2) is 0 Å². The molecule has 0 fully saturated rings. The van der Waals surface area contributed by atoms with Crippen LogP contribution in [-0.4, -0.2) is 7.11 Å².